The van der Waals surface area contributed by atoms with E-state index in [1.165, 1.54) is 0 Å². The van der Waals surface area contributed by atoms with Gasteiger partial charge in [0, 0.05) is 19.6 Å². The molecule has 0 spiro atoms. The fraction of sp³-hybridized carbons (Fsp3) is 0.533. The highest BCUT2D eigenvalue weighted by molar-refractivity contribution is 5.92. The number of nitrogens with two attached hydrogens (primary N) is 1. The molecule has 0 saturated carbocycles. The van der Waals surface area contributed by atoms with Crippen molar-refractivity contribution in [1.29, 1.82) is 0 Å². The minimum Gasteiger partial charge on any atom is -0.489 e. The van der Waals surface area contributed by atoms with Gasteiger partial charge in [0.05, 0.1) is 12.3 Å². The lowest BCUT2D eigenvalue weighted by Crippen LogP contribution is -2.19. The molecule has 21 heavy (non-hydrogen) atoms. The Hall–Kier alpha value is -1.30. The minimum atomic E-state index is -0.0530. The Bertz CT molecular complexity index is 439. The van der Waals surface area contributed by atoms with Crippen LogP contribution in [0, 0.1) is 6.92 Å². The number of ether oxygens (including phenoxy) is 2. The number of rotatable bonds is 8. The number of hydrogen-bond acceptors (Lipinski definition) is 4. The standard InChI is InChI=1S/C15H24N2O3.ClH/c1-11-4-6-13(14(10-11)20-9-8-19-3)17-15(18)7-5-12(2)16;/h4,6,10,12H,5,7-9,16H2,1-3H3,(H,17,18);1H. The topological polar surface area (TPSA) is 73.6 Å². The van der Waals surface area contributed by atoms with Crippen molar-refractivity contribution in [2.24, 2.45) is 5.73 Å². The summed E-state index contributed by atoms with van der Waals surface area (Å²) < 4.78 is 10.6. The van der Waals surface area contributed by atoms with Crippen LogP contribution in [0.1, 0.15) is 25.3 Å². The van der Waals surface area contributed by atoms with E-state index >= 15 is 0 Å². The summed E-state index contributed by atoms with van der Waals surface area (Å²) in [6, 6.07) is 5.71. The molecule has 0 heterocycles. The average Bonchev–Trinajstić information content (AvgIpc) is 2.39. The highest BCUT2D eigenvalue weighted by Gasteiger charge is 2.09. The largest absolute Gasteiger partial charge is 0.489 e. The van der Waals surface area contributed by atoms with E-state index in [1.807, 2.05) is 32.0 Å². The first kappa shape index (κ1) is 19.7. The molecule has 3 N–H and O–H groups in total. The summed E-state index contributed by atoms with van der Waals surface area (Å²) in [6.45, 7) is 4.82. The number of anilines is 1. The third-order valence-electron chi connectivity index (χ3n) is 2.78. The summed E-state index contributed by atoms with van der Waals surface area (Å²) in [5.74, 6) is 0.610. The summed E-state index contributed by atoms with van der Waals surface area (Å²) in [5.41, 5.74) is 7.40. The van der Waals surface area contributed by atoms with Crippen LogP contribution in [-0.2, 0) is 9.53 Å². The SMILES string of the molecule is COCCOc1cc(C)ccc1NC(=O)CCC(C)N.Cl. The fourth-order valence-electron chi connectivity index (χ4n) is 1.66. The number of hydrogen-bond donors (Lipinski definition) is 2. The molecule has 0 aromatic heterocycles. The fourth-order valence-corrected chi connectivity index (χ4v) is 1.66. The molecule has 120 valence electrons. The number of carbonyl (C=O) groups is 1. The number of halogens is 1. The molecule has 0 radical (unpaired) electrons. The van der Waals surface area contributed by atoms with Crippen LogP contribution in [0.3, 0.4) is 0 Å². The van der Waals surface area contributed by atoms with E-state index in [9.17, 15) is 4.79 Å². The van der Waals surface area contributed by atoms with Gasteiger partial charge in [-0.15, -0.1) is 12.4 Å². The first-order valence-corrected chi connectivity index (χ1v) is 6.80. The molecule has 1 aromatic rings. The highest BCUT2D eigenvalue weighted by atomic mass is 35.5. The molecule has 0 fully saturated rings. The molecule has 1 amide bonds. The summed E-state index contributed by atoms with van der Waals surface area (Å²) in [6.07, 6.45) is 1.07. The van der Waals surface area contributed by atoms with Crippen molar-refractivity contribution >= 4 is 24.0 Å². The Morgan fingerprint density at radius 2 is 2.10 bits per heavy atom. The van der Waals surface area contributed by atoms with Crippen molar-refractivity contribution in [3.05, 3.63) is 23.8 Å². The number of amides is 1. The lowest BCUT2D eigenvalue weighted by Gasteiger charge is -2.13. The molecule has 0 bridgehead atoms. The number of benzene rings is 1. The number of methoxy groups -OCH3 is 1. The first-order chi connectivity index (χ1) is 9.52. The van der Waals surface area contributed by atoms with Gasteiger partial charge in [-0.05, 0) is 38.0 Å². The van der Waals surface area contributed by atoms with E-state index in [-0.39, 0.29) is 24.4 Å². The van der Waals surface area contributed by atoms with Gasteiger partial charge in [0.15, 0.2) is 0 Å². The first-order valence-electron chi connectivity index (χ1n) is 6.80. The summed E-state index contributed by atoms with van der Waals surface area (Å²) in [7, 11) is 1.62. The quantitative estimate of drug-likeness (QED) is 0.723. The van der Waals surface area contributed by atoms with E-state index in [1.54, 1.807) is 7.11 Å². The van der Waals surface area contributed by atoms with Crippen LogP contribution in [-0.4, -0.2) is 32.3 Å². The zero-order chi connectivity index (χ0) is 15.0. The minimum absolute atomic E-state index is 0. The van der Waals surface area contributed by atoms with Crippen LogP contribution in [0.4, 0.5) is 5.69 Å². The molecule has 6 heteroatoms. The number of aryl methyl sites for hydroxylation is 1. The van der Waals surface area contributed by atoms with Crippen molar-refractivity contribution in [3.8, 4) is 5.75 Å². The number of carbonyl (C=O) groups excluding carboxylic acids is 1. The second-order valence-corrected chi connectivity index (χ2v) is 4.91. The molecule has 1 unspecified atom stereocenters. The number of nitrogens with one attached hydrogen (secondary N) is 1. The van der Waals surface area contributed by atoms with Gasteiger partial charge in [-0.3, -0.25) is 4.79 Å². The van der Waals surface area contributed by atoms with Gasteiger partial charge in [-0.2, -0.15) is 0 Å². The molecule has 1 aromatic carbocycles. The van der Waals surface area contributed by atoms with E-state index in [0.29, 0.717) is 37.5 Å². The van der Waals surface area contributed by atoms with Crippen LogP contribution in [0.15, 0.2) is 18.2 Å². The van der Waals surface area contributed by atoms with Gasteiger partial charge in [0.2, 0.25) is 5.91 Å². The van der Waals surface area contributed by atoms with Crippen LogP contribution in [0.25, 0.3) is 0 Å². The van der Waals surface area contributed by atoms with E-state index < -0.39 is 0 Å². The van der Waals surface area contributed by atoms with Gasteiger partial charge in [-0.1, -0.05) is 6.07 Å². The zero-order valence-electron chi connectivity index (χ0n) is 12.8. The van der Waals surface area contributed by atoms with Crippen LogP contribution in [0.5, 0.6) is 5.75 Å². The van der Waals surface area contributed by atoms with Gasteiger partial charge in [0.25, 0.3) is 0 Å². The Kier molecular flexibility index (Phi) is 9.78. The van der Waals surface area contributed by atoms with Crippen LogP contribution >= 0.6 is 12.4 Å². The van der Waals surface area contributed by atoms with E-state index in [0.717, 1.165) is 5.56 Å². The second-order valence-electron chi connectivity index (χ2n) is 4.91. The lowest BCUT2D eigenvalue weighted by atomic mass is 10.1. The molecule has 0 aliphatic rings. The van der Waals surface area contributed by atoms with Gasteiger partial charge in [0.1, 0.15) is 12.4 Å². The average molecular weight is 317 g/mol. The normalized spacial score (nSPS) is 11.4. The molecule has 0 saturated heterocycles. The lowest BCUT2D eigenvalue weighted by molar-refractivity contribution is -0.116. The molecular weight excluding hydrogens is 292 g/mol. The Morgan fingerprint density at radius 3 is 2.71 bits per heavy atom. The predicted molar refractivity (Wildman–Crippen MR) is 87.3 cm³/mol. The Labute approximate surface area is 132 Å². The van der Waals surface area contributed by atoms with Gasteiger partial charge >= 0.3 is 0 Å². The molecule has 0 aliphatic carbocycles. The van der Waals surface area contributed by atoms with Crippen LogP contribution < -0.4 is 15.8 Å². The molecule has 0 aliphatic heterocycles. The Balaban J connectivity index is 0.00000400. The molecule has 1 rings (SSSR count). The Morgan fingerprint density at radius 1 is 1.38 bits per heavy atom. The summed E-state index contributed by atoms with van der Waals surface area (Å²) in [5, 5.41) is 2.86. The van der Waals surface area contributed by atoms with Crippen molar-refractivity contribution in [2.45, 2.75) is 32.7 Å². The van der Waals surface area contributed by atoms with E-state index in [2.05, 4.69) is 5.32 Å². The maximum atomic E-state index is 11.8. The van der Waals surface area contributed by atoms with Gasteiger partial charge in [-0.25, -0.2) is 0 Å². The summed E-state index contributed by atoms with van der Waals surface area (Å²) >= 11 is 0. The second kappa shape index (κ2) is 10.4. The van der Waals surface area contributed by atoms with Crippen molar-refractivity contribution in [2.75, 3.05) is 25.6 Å². The predicted octanol–water partition coefficient (Wildman–Crippen LogP) is 2.51. The zero-order valence-corrected chi connectivity index (χ0v) is 13.7. The molecular formula is C15H25ClN2O3. The van der Waals surface area contributed by atoms with Crippen LogP contribution in [0.2, 0.25) is 0 Å². The van der Waals surface area contributed by atoms with Crippen molar-refractivity contribution < 1.29 is 14.3 Å². The van der Waals surface area contributed by atoms with Crippen molar-refractivity contribution in [1.82, 2.24) is 0 Å². The monoisotopic (exact) mass is 316 g/mol. The van der Waals surface area contributed by atoms with Gasteiger partial charge < -0.3 is 20.5 Å². The summed E-state index contributed by atoms with van der Waals surface area (Å²) in [4.78, 5) is 11.8. The third-order valence-corrected chi connectivity index (χ3v) is 2.78. The van der Waals surface area contributed by atoms with E-state index in [4.69, 9.17) is 15.2 Å². The molecule has 5 nitrogen and oxygen atoms in total. The van der Waals surface area contributed by atoms with Crippen molar-refractivity contribution in [3.63, 3.8) is 0 Å². The molecule has 1 atom stereocenters. The highest BCUT2D eigenvalue weighted by Crippen LogP contribution is 2.26. The smallest absolute Gasteiger partial charge is 0.224 e. The maximum absolute atomic E-state index is 11.8. The maximum Gasteiger partial charge on any atom is 0.224 e. The third kappa shape index (κ3) is 7.90.